The van der Waals surface area contributed by atoms with Crippen molar-refractivity contribution in [2.45, 2.75) is 25.1 Å². The van der Waals surface area contributed by atoms with Crippen LogP contribution in [-0.2, 0) is 4.79 Å². The molecule has 0 unspecified atom stereocenters. The molecule has 0 bridgehead atoms. The number of fused-ring (bicyclic) bond motifs is 1. The number of benzene rings is 1. The third kappa shape index (κ3) is 3.92. The first-order valence-electron chi connectivity index (χ1n) is 8.47. The summed E-state index contributed by atoms with van der Waals surface area (Å²) in [5.74, 6) is 0.972. The number of carbonyl (C=O) groups excluding carboxylic acids is 1. The number of carbonyl (C=O) groups is 1. The highest BCUT2D eigenvalue weighted by Crippen LogP contribution is 2.44. The van der Waals surface area contributed by atoms with Crippen LogP contribution in [0.25, 0.3) is 0 Å². The molecular formula is C18H23F3N2O2. The molecule has 2 fully saturated rings. The molecule has 25 heavy (non-hydrogen) atoms. The number of methoxy groups -OCH3 is 1. The van der Waals surface area contributed by atoms with Crippen molar-refractivity contribution in [2.24, 2.45) is 11.8 Å². The summed E-state index contributed by atoms with van der Waals surface area (Å²) >= 11 is 0. The Bertz CT molecular complexity index is 618. The zero-order valence-electron chi connectivity index (χ0n) is 14.4. The minimum atomic E-state index is -4.28. The molecule has 2 aliphatic heterocycles. The van der Waals surface area contributed by atoms with Crippen molar-refractivity contribution in [1.82, 2.24) is 9.80 Å². The largest absolute Gasteiger partial charge is 0.497 e. The number of nitrogens with zero attached hydrogens (tertiary/aromatic N) is 2. The number of rotatable bonds is 4. The monoisotopic (exact) mass is 356 g/mol. The molecule has 4 nitrogen and oxygen atoms in total. The highest BCUT2D eigenvalue weighted by atomic mass is 19.4. The lowest BCUT2D eigenvalue weighted by Gasteiger charge is -2.27. The molecule has 0 radical (unpaired) electrons. The maximum atomic E-state index is 12.3. The van der Waals surface area contributed by atoms with Gasteiger partial charge in [-0.05, 0) is 30.7 Å². The minimum absolute atomic E-state index is 0.177. The van der Waals surface area contributed by atoms with Crippen LogP contribution in [0.5, 0.6) is 5.75 Å². The lowest BCUT2D eigenvalue weighted by atomic mass is 9.89. The maximum absolute atomic E-state index is 12.3. The third-order valence-electron chi connectivity index (χ3n) is 5.33. The SMILES string of the molecule is COc1ccc([C@H]2[C@@H]3CN(C(=O)CCC(F)(F)F)C[C@@H]3CN2C)cc1. The predicted octanol–water partition coefficient (Wildman–Crippen LogP) is 3.10. The lowest BCUT2D eigenvalue weighted by molar-refractivity contribution is -0.148. The lowest BCUT2D eigenvalue weighted by Crippen LogP contribution is -2.33. The Kier molecular flexibility index (Phi) is 4.95. The summed E-state index contributed by atoms with van der Waals surface area (Å²) in [6, 6.07) is 8.05. The first kappa shape index (κ1) is 18.0. The Morgan fingerprint density at radius 3 is 2.48 bits per heavy atom. The van der Waals surface area contributed by atoms with Gasteiger partial charge in [0.05, 0.1) is 13.5 Å². The molecule has 2 saturated heterocycles. The molecule has 7 heteroatoms. The molecule has 138 valence electrons. The van der Waals surface area contributed by atoms with E-state index in [1.54, 1.807) is 12.0 Å². The Hall–Kier alpha value is -1.76. The van der Waals surface area contributed by atoms with Crippen LogP contribution in [0.2, 0.25) is 0 Å². The summed E-state index contributed by atoms with van der Waals surface area (Å²) in [5.41, 5.74) is 1.15. The number of hydrogen-bond donors (Lipinski definition) is 0. The van der Waals surface area contributed by atoms with Crippen molar-refractivity contribution < 1.29 is 22.7 Å². The van der Waals surface area contributed by atoms with Crippen LogP contribution in [0.1, 0.15) is 24.4 Å². The van der Waals surface area contributed by atoms with E-state index < -0.39 is 19.0 Å². The van der Waals surface area contributed by atoms with Crippen LogP contribution in [0.4, 0.5) is 13.2 Å². The fourth-order valence-electron chi connectivity index (χ4n) is 4.17. The molecule has 0 N–H and O–H groups in total. The smallest absolute Gasteiger partial charge is 0.389 e. The molecule has 0 aromatic heterocycles. The fraction of sp³-hybridized carbons (Fsp3) is 0.611. The predicted molar refractivity (Wildman–Crippen MR) is 87.2 cm³/mol. The van der Waals surface area contributed by atoms with Crippen molar-refractivity contribution in [2.75, 3.05) is 33.8 Å². The average molecular weight is 356 g/mol. The summed E-state index contributed by atoms with van der Waals surface area (Å²) in [5, 5.41) is 0. The van der Waals surface area contributed by atoms with Crippen LogP contribution in [0, 0.1) is 11.8 Å². The van der Waals surface area contributed by atoms with Gasteiger partial charge in [-0.25, -0.2) is 0 Å². The van der Waals surface area contributed by atoms with E-state index in [1.807, 2.05) is 24.3 Å². The van der Waals surface area contributed by atoms with Crippen LogP contribution in [0.3, 0.4) is 0 Å². The number of amides is 1. The van der Waals surface area contributed by atoms with E-state index in [2.05, 4.69) is 11.9 Å². The van der Waals surface area contributed by atoms with Gasteiger partial charge in [0, 0.05) is 38.0 Å². The van der Waals surface area contributed by atoms with Crippen LogP contribution in [-0.4, -0.2) is 55.7 Å². The Balaban J connectivity index is 1.67. The van der Waals surface area contributed by atoms with Crippen LogP contribution < -0.4 is 4.74 Å². The summed E-state index contributed by atoms with van der Waals surface area (Å²) in [6.45, 7) is 1.94. The molecule has 1 amide bonds. The van der Waals surface area contributed by atoms with E-state index in [4.69, 9.17) is 4.74 Å². The maximum Gasteiger partial charge on any atom is 0.389 e. The molecule has 0 aliphatic carbocycles. The van der Waals surface area contributed by atoms with E-state index in [1.165, 1.54) is 0 Å². The number of alkyl halides is 3. The van der Waals surface area contributed by atoms with Crippen molar-refractivity contribution in [3.63, 3.8) is 0 Å². The molecule has 1 aromatic carbocycles. The minimum Gasteiger partial charge on any atom is -0.497 e. The van der Waals surface area contributed by atoms with E-state index in [0.717, 1.165) is 17.9 Å². The zero-order chi connectivity index (χ0) is 18.2. The van der Waals surface area contributed by atoms with Gasteiger partial charge in [0.25, 0.3) is 0 Å². The van der Waals surface area contributed by atoms with Gasteiger partial charge in [0.2, 0.25) is 5.91 Å². The highest BCUT2D eigenvalue weighted by molar-refractivity contribution is 5.76. The standard InChI is InChI=1S/C18H23F3N2O2/c1-22-9-13-10-23(16(24)7-8-18(19,20)21)11-15(13)17(22)12-3-5-14(25-2)6-4-12/h3-6,13,15,17H,7-11H2,1-2H3/t13-,15+,17-/m0/s1. The van der Waals surface area contributed by atoms with Crippen LogP contribution >= 0.6 is 0 Å². The first-order valence-corrected chi connectivity index (χ1v) is 8.47. The number of ether oxygens (including phenoxy) is 1. The van der Waals surface area contributed by atoms with Crippen molar-refractivity contribution in [3.05, 3.63) is 29.8 Å². The second kappa shape index (κ2) is 6.86. The number of likely N-dealkylation sites (tertiary alicyclic amines) is 2. The summed E-state index contributed by atoms with van der Waals surface area (Å²) in [7, 11) is 3.68. The van der Waals surface area contributed by atoms with Gasteiger partial charge < -0.3 is 9.64 Å². The summed E-state index contributed by atoms with van der Waals surface area (Å²) < 4.78 is 42.2. The van der Waals surface area contributed by atoms with Gasteiger partial charge in [-0.2, -0.15) is 13.2 Å². The molecule has 1 aromatic rings. The number of halogens is 3. The first-order chi connectivity index (χ1) is 11.8. The second-order valence-electron chi connectivity index (χ2n) is 7.00. The fourth-order valence-corrected chi connectivity index (χ4v) is 4.17. The molecule has 0 saturated carbocycles. The van der Waals surface area contributed by atoms with E-state index in [0.29, 0.717) is 19.0 Å². The highest BCUT2D eigenvalue weighted by Gasteiger charge is 2.47. The zero-order valence-corrected chi connectivity index (χ0v) is 14.4. The Morgan fingerprint density at radius 1 is 1.20 bits per heavy atom. The topological polar surface area (TPSA) is 32.8 Å². The van der Waals surface area contributed by atoms with E-state index >= 15 is 0 Å². The summed E-state index contributed by atoms with van der Waals surface area (Å²) in [6.07, 6.45) is -5.78. The normalized spacial score (nSPS) is 26.8. The van der Waals surface area contributed by atoms with Crippen LogP contribution in [0.15, 0.2) is 24.3 Å². The van der Waals surface area contributed by atoms with Gasteiger partial charge in [0.1, 0.15) is 5.75 Å². The molecular weight excluding hydrogens is 333 g/mol. The quantitative estimate of drug-likeness (QED) is 0.831. The summed E-state index contributed by atoms with van der Waals surface area (Å²) in [4.78, 5) is 16.0. The van der Waals surface area contributed by atoms with Crippen molar-refractivity contribution in [1.29, 1.82) is 0 Å². The van der Waals surface area contributed by atoms with Gasteiger partial charge in [-0.1, -0.05) is 12.1 Å². The van der Waals surface area contributed by atoms with E-state index in [-0.39, 0.29) is 17.9 Å². The average Bonchev–Trinajstić information content (AvgIpc) is 3.08. The van der Waals surface area contributed by atoms with E-state index in [9.17, 15) is 18.0 Å². The second-order valence-corrected chi connectivity index (χ2v) is 7.00. The Morgan fingerprint density at radius 2 is 1.88 bits per heavy atom. The van der Waals surface area contributed by atoms with Gasteiger partial charge in [-0.15, -0.1) is 0 Å². The van der Waals surface area contributed by atoms with Crippen molar-refractivity contribution >= 4 is 5.91 Å². The van der Waals surface area contributed by atoms with Gasteiger partial charge in [0.15, 0.2) is 0 Å². The van der Waals surface area contributed by atoms with Gasteiger partial charge in [-0.3, -0.25) is 9.69 Å². The molecule has 3 rings (SSSR count). The molecule has 2 heterocycles. The molecule has 0 spiro atoms. The third-order valence-corrected chi connectivity index (χ3v) is 5.33. The van der Waals surface area contributed by atoms with Crippen molar-refractivity contribution in [3.8, 4) is 5.75 Å². The number of hydrogen-bond acceptors (Lipinski definition) is 3. The van der Waals surface area contributed by atoms with Gasteiger partial charge >= 0.3 is 6.18 Å². The Labute approximate surface area is 145 Å². The molecule has 2 aliphatic rings. The molecule has 3 atom stereocenters.